The van der Waals surface area contributed by atoms with Crippen molar-refractivity contribution in [1.29, 1.82) is 0 Å². The second-order valence-electron chi connectivity index (χ2n) is 7.18. The van der Waals surface area contributed by atoms with Gasteiger partial charge >= 0.3 is 38.6 Å². The summed E-state index contributed by atoms with van der Waals surface area (Å²) in [5.74, 6) is 1.98. The largest absolute Gasteiger partial charge is 3.00 e. The Morgan fingerprint density at radius 1 is 0.560 bits per heavy atom. The van der Waals surface area contributed by atoms with E-state index in [2.05, 4.69) is 96.2 Å². The van der Waals surface area contributed by atoms with Crippen molar-refractivity contribution >= 4 is 0 Å². The van der Waals surface area contributed by atoms with Crippen LogP contribution in [0, 0.1) is 74.6 Å². The molecule has 0 heterocycles. The van der Waals surface area contributed by atoms with E-state index in [1.807, 2.05) is 0 Å². The van der Waals surface area contributed by atoms with Crippen molar-refractivity contribution in [2.24, 2.45) is 17.8 Å². The average molecular weight is 480 g/mol. The van der Waals surface area contributed by atoms with Crippen molar-refractivity contribution in [2.45, 2.75) is 60.8 Å². The summed E-state index contributed by atoms with van der Waals surface area (Å²) >= 11 is 0. The van der Waals surface area contributed by atoms with Crippen LogP contribution in [0.5, 0.6) is 0 Å². The molecule has 0 saturated carbocycles. The van der Waals surface area contributed by atoms with E-state index in [1.54, 1.807) is 0 Å². The Kier molecular flexibility index (Phi) is 13.7. The summed E-state index contributed by atoms with van der Waals surface area (Å²) in [5, 5.41) is 0. The molecule has 0 aromatic rings. The van der Waals surface area contributed by atoms with E-state index in [-0.39, 0.29) is 38.6 Å². The minimum Gasteiger partial charge on any atom is -0.269 e. The molecule has 0 spiro atoms. The molecule has 0 N–H and O–H groups in total. The number of allylic oxidation sites excluding steroid dienone is 12. The van der Waals surface area contributed by atoms with E-state index in [0.29, 0.717) is 17.8 Å². The van der Waals surface area contributed by atoms with Gasteiger partial charge in [0, 0.05) is 0 Å². The van der Waals surface area contributed by atoms with Crippen molar-refractivity contribution < 1.29 is 38.6 Å². The Balaban J connectivity index is 0.000000339. The van der Waals surface area contributed by atoms with Crippen molar-refractivity contribution in [3.63, 3.8) is 0 Å². The van der Waals surface area contributed by atoms with E-state index in [1.165, 1.54) is 16.7 Å². The van der Waals surface area contributed by atoms with Crippen LogP contribution in [0.2, 0.25) is 0 Å². The Morgan fingerprint density at radius 2 is 0.800 bits per heavy atom. The van der Waals surface area contributed by atoms with E-state index in [9.17, 15) is 0 Å². The second kappa shape index (κ2) is 13.9. The van der Waals surface area contributed by atoms with Gasteiger partial charge in [-0.3, -0.25) is 18.2 Å². The summed E-state index contributed by atoms with van der Waals surface area (Å²) in [6, 6.07) is 0. The fourth-order valence-corrected chi connectivity index (χ4v) is 2.45. The topological polar surface area (TPSA) is 0 Å². The van der Waals surface area contributed by atoms with Crippen LogP contribution >= 0.6 is 0 Å². The van der Waals surface area contributed by atoms with Crippen LogP contribution in [0.3, 0.4) is 0 Å². The third-order valence-electron chi connectivity index (χ3n) is 4.03. The quantitative estimate of drug-likeness (QED) is 0.382. The number of hydrogen-bond acceptors (Lipinski definition) is 0. The summed E-state index contributed by atoms with van der Waals surface area (Å²) in [5.41, 5.74) is 4.10. The van der Waals surface area contributed by atoms with Gasteiger partial charge in [-0.05, 0) is 0 Å². The molecule has 3 aliphatic carbocycles. The molecule has 0 saturated heterocycles. The first-order valence-electron chi connectivity index (χ1n) is 9.23. The normalized spacial score (nSPS) is 16.9. The van der Waals surface area contributed by atoms with Crippen LogP contribution in [0.4, 0.5) is 0 Å². The standard InChI is InChI=1S/3C8H11.Tb/c3*1-7(2)8-5-3-4-6-8;/h3*3,5,7H,4H2,1-2H3;/q3*-1;+3. The van der Waals surface area contributed by atoms with Gasteiger partial charge in [-0.25, -0.2) is 34.9 Å². The zero-order chi connectivity index (χ0) is 17.9. The molecule has 3 rings (SSSR count). The first-order valence-corrected chi connectivity index (χ1v) is 9.23. The molecule has 0 atom stereocenters. The Labute approximate surface area is 187 Å². The van der Waals surface area contributed by atoms with Crippen LogP contribution in [0.1, 0.15) is 60.8 Å². The monoisotopic (exact) mass is 480 g/mol. The number of rotatable bonds is 3. The van der Waals surface area contributed by atoms with Gasteiger partial charge in [0.2, 0.25) is 0 Å². The van der Waals surface area contributed by atoms with Gasteiger partial charge in [0.1, 0.15) is 0 Å². The van der Waals surface area contributed by atoms with E-state index in [4.69, 9.17) is 0 Å². The van der Waals surface area contributed by atoms with Gasteiger partial charge < -0.3 is 0 Å². The molecule has 0 unspecified atom stereocenters. The minimum absolute atomic E-state index is 0. The van der Waals surface area contributed by atoms with Crippen molar-refractivity contribution in [1.82, 2.24) is 0 Å². The van der Waals surface area contributed by atoms with Gasteiger partial charge in [0.15, 0.2) is 0 Å². The summed E-state index contributed by atoms with van der Waals surface area (Å²) in [6.07, 6.45) is 25.8. The van der Waals surface area contributed by atoms with Gasteiger partial charge in [-0.1, -0.05) is 59.3 Å². The molecule has 1 heteroatoms. The summed E-state index contributed by atoms with van der Waals surface area (Å²) < 4.78 is 0. The van der Waals surface area contributed by atoms with Crippen molar-refractivity contribution in [3.8, 4) is 0 Å². The van der Waals surface area contributed by atoms with Crippen molar-refractivity contribution in [2.75, 3.05) is 0 Å². The molecule has 0 nitrogen and oxygen atoms in total. The van der Waals surface area contributed by atoms with Crippen LogP contribution in [-0.4, -0.2) is 0 Å². The predicted octanol–water partition coefficient (Wildman–Crippen LogP) is 7.00. The minimum atomic E-state index is 0. The molecule has 0 amide bonds. The average Bonchev–Trinajstić information content (AvgIpc) is 3.29. The fraction of sp³-hybridized carbons (Fsp3) is 0.500. The maximum atomic E-state index is 3.26. The molecule has 0 radical (unpaired) electrons. The predicted molar refractivity (Wildman–Crippen MR) is 106 cm³/mol. The second-order valence-corrected chi connectivity index (χ2v) is 7.18. The van der Waals surface area contributed by atoms with Crippen LogP contribution in [-0.2, 0) is 0 Å². The summed E-state index contributed by atoms with van der Waals surface area (Å²) in [6.45, 7) is 13.2. The van der Waals surface area contributed by atoms with Gasteiger partial charge in [0.25, 0.3) is 0 Å². The van der Waals surface area contributed by atoms with Crippen molar-refractivity contribution in [3.05, 3.63) is 71.4 Å². The maximum absolute atomic E-state index is 3.26. The molecule has 3 aliphatic rings. The molecule has 138 valence electrons. The molecule has 0 bridgehead atoms. The molecule has 0 aromatic heterocycles. The van der Waals surface area contributed by atoms with E-state index in [0.717, 1.165) is 19.3 Å². The molecular formula is C24H33Tb. The molecule has 0 aromatic carbocycles. The summed E-state index contributed by atoms with van der Waals surface area (Å²) in [4.78, 5) is 0. The van der Waals surface area contributed by atoms with Crippen LogP contribution in [0.15, 0.2) is 53.2 Å². The van der Waals surface area contributed by atoms with E-state index < -0.39 is 0 Å². The fourth-order valence-electron chi connectivity index (χ4n) is 2.45. The third-order valence-corrected chi connectivity index (χ3v) is 4.03. The first-order chi connectivity index (χ1) is 11.4. The van der Waals surface area contributed by atoms with Gasteiger partial charge in [0.05, 0.1) is 0 Å². The van der Waals surface area contributed by atoms with Gasteiger partial charge in [-0.15, -0.1) is 19.3 Å². The smallest absolute Gasteiger partial charge is 0.269 e. The maximum Gasteiger partial charge on any atom is 3.00 e. The Bertz CT molecular complexity index is 468. The third kappa shape index (κ3) is 10.5. The Hall–Kier alpha value is -0.274. The zero-order valence-electron chi connectivity index (χ0n) is 16.7. The number of hydrogen-bond donors (Lipinski definition) is 0. The van der Waals surface area contributed by atoms with Gasteiger partial charge in [-0.2, -0.15) is 18.2 Å². The molecule has 0 fully saturated rings. The van der Waals surface area contributed by atoms with Crippen LogP contribution < -0.4 is 0 Å². The zero-order valence-corrected chi connectivity index (χ0v) is 18.8. The van der Waals surface area contributed by atoms with Crippen LogP contribution in [0.25, 0.3) is 0 Å². The Morgan fingerprint density at radius 3 is 0.880 bits per heavy atom. The molecule has 25 heavy (non-hydrogen) atoms. The molecule has 0 aliphatic heterocycles. The molecular weight excluding hydrogens is 447 g/mol. The summed E-state index contributed by atoms with van der Waals surface area (Å²) in [7, 11) is 0. The van der Waals surface area contributed by atoms with E-state index >= 15 is 0 Å². The SMILES string of the molecule is CC(C)C1=[C-]CC=C1.CC(C)C1=[C-]CC=C1.CC(C)C1=[C-]CC=C1.[Tb+3]. The first kappa shape index (κ1) is 24.7.